The minimum atomic E-state index is -3.67. The molecule has 2 atom stereocenters. The van der Waals surface area contributed by atoms with Gasteiger partial charge in [0.25, 0.3) is 5.91 Å². The van der Waals surface area contributed by atoms with E-state index in [4.69, 9.17) is 5.26 Å². The van der Waals surface area contributed by atoms with E-state index in [0.717, 1.165) is 0 Å². The molecule has 8 heteroatoms. The Morgan fingerprint density at radius 3 is 2.54 bits per heavy atom. The van der Waals surface area contributed by atoms with Gasteiger partial charge in [0.2, 0.25) is 0 Å². The first-order valence-corrected chi connectivity index (χ1v) is 9.77. The van der Waals surface area contributed by atoms with Crippen LogP contribution in [0.3, 0.4) is 0 Å². The maximum atomic E-state index is 12.1. The van der Waals surface area contributed by atoms with E-state index in [2.05, 4.69) is 5.32 Å². The Labute approximate surface area is 144 Å². The molecular weight excluding hydrogens is 348 g/mol. The molecule has 126 valence electrons. The fourth-order valence-electron chi connectivity index (χ4n) is 2.06. The zero-order valence-corrected chi connectivity index (χ0v) is 14.3. The predicted molar refractivity (Wildman–Crippen MR) is 90.8 cm³/mol. The molecule has 0 fully saturated rings. The molecule has 0 aliphatic carbocycles. The van der Waals surface area contributed by atoms with Crippen LogP contribution in [0.25, 0.3) is 0 Å². The van der Waals surface area contributed by atoms with Gasteiger partial charge in [-0.25, -0.2) is 8.42 Å². The summed E-state index contributed by atoms with van der Waals surface area (Å²) in [6.07, 6.45) is -1.73. The lowest BCUT2D eigenvalue weighted by molar-refractivity contribution is -0.128. The highest BCUT2D eigenvalue weighted by molar-refractivity contribution is 7.90. The first kappa shape index (κ1) is 18.1. The zero-order chi connectivity index (χ0) is 17.6. The Morgan fingerprint density at radius 1 is 1.25 bits per heavy atom. The standard InChI is InChI=1S/C16H16N2O4S2/c17-9-13(15-7-4-8-23-15)18-16(20)14(19)11-24(21,22)10-12-5-2-1-3-6-12/h1-8,13-14,19H,10-11H2,(H,18,20)/t13?,14-/m0/s1. The summed E-state index contributed by atoms with van der Waals surface area (Å²) in [5.41, 5.74) is 0.582. The number of amides is 1. The molecule has 6 nitrogen and oxygen atoms in total. The van der Waals surface area contributed by atoms with Crippen molar-refractivity contribution in [1.29, 1.82) is 5.26 Å². The van der Waals surface area contributed by atoms with Crippen LogP contribution in [0.15, 0.2) is 47.8 Å². The molecule has 0 radical (unpaired) electrons. The van der Waals surface area contributed by atoms with Crippen molar-refractivity contribution < 1.29 is 18.3 Å². The maximum Gasteiger partial charge on any atom is 0.251 e. The third-order valence-corrected chi connectivity index (χ3v) is 5.72. The van der Waals surface area contributed by atoms with Crippen LogP contribution in [-0.4, -0.2) is 31.3 Å². The van der Waals surface area contributed by atoms with Gasteiger partial charge < -0.3 is 10.4 Å². The van der Waals surface area contributed by atoms with Gasteiger partial charge in [-0.1, -0.05) is 36.4 Å². The Kier molecular flexibility index (Phi) is 6.09. The summed E-state index contributed by atoms with van der Waals surface area (Å²) in [4.78, 5) is 12.6. The molecule has 0 aliphatic heterocycles. The van der Waals surface area contributed by atoms with Crippen molar-refractivity contribution in [2.75, 3.05) is 5.75 Å². The number of thiophene rings is 1. The van der Waals surface area contributed by atoms with Crippen LogP contribution in [0.5, 0.6) is 0 Å². The fourth-order valence-corrected chi connectivity index (χ4v) is 4.23. The van der Waals surface area contributed by atoms with Crippen molar-refractivity contribution in [2.24, 2.45) is 0 Å². The third-order valence-electron chi connectivity index (χ3n) is 3.19. The van der Waals surface area contributed by atoms with Gasteiger partial charge in [0.05, 0.1) is 17.6 Å². The third kappa shape index (κ3) is 5.16. The fraction of sp³-hybridized carbons (Fsp3) is 0.250. The Morgan fingerprint density at radius 2 is 1.96 bits per heavy atom. The van der Waals surface area contributed by atoms with E-state index >= 15 is 0 Å². The Hall–Kier alpha value is -2.21. The molecule has 2 aromatic rings. The maximum absolute atomic E-state index is 12.1. The number of hydrogen-bond donors (Lipinski definition) is 2. The lowest BCUT2D eigenvalue weighted by atomic mass is 10.2. The van der Waals surface area contributed by atoms with Crippen molar-refractivity contribution in [3.05, 3.63) is 58.3 Å². The predicted octanol–water partition coefficient (Wildman–Crippen LogP) is 1.40. The number of benzene rings is 1. The van der Waals surface area contributed by atoms with E-state index < -0.39 is 33.6 Å². The topological polar surface area (TPSA) is 107 Å². The van der Waals surface area contributed by atoms with Gasteiger partial charge in [0.15, 0.2) is 15.9 Å². The van der Waals surface area contributed by atoms with E-state index in [1.807, 2.05) is 6.07 Å². The van der Waals surface area contributed by atoms with Crippen LogP contribution in [-0.2, 0) is 20.4 Å². The summed E-state index contributed by atoms with van der Waals surface area (Å²) in [6.45, 7) is 0. The highest BCUT2D eigenvalue weighted by Gasteiger charge is 2.26. The quantitative estimate of drug-likeness (QED) is 0.772. The zero-order valence-electron chi connectivity index (χ0n) is 12.6. The van der Waals surface area contributed by atoms with Gasteiger partial charge in [-0.15, -0.1) is 11.3 Å². The molecule has 1 unspecified atom stereocenters. The van der Waals surface area contributed by atoms with E-state index in [1.54, 1.807) is 47.8 Å². The van der Waals surface area contributed by atoms with E-state index in [0.29, 0.717) is 10.4 Å². The number of hydrogen-bond acceptors (Lipinski definition) is 6. The molecule has 0 saturated heterocycles. The molecule has 1 heterocycles. The number of sulfone groups is 1. The lowest BCUT2D eigenvalue weighted by Crippen LogP contribution is -2.40. The number of nitrogens with zero attached hydrogens (tertiary/aromatic N) is 1. The molecular formula is C16H16N2O4S2. The molecule has 24 heavy (non-hydrogen) atoms. The van der Waals surface area contributed by atoms with Gasteiger partial charge >= 0.3 is 0 Å². The summed E-state index contributed by atoms with van der Waals surface area (Å²) >= 11 is 1.29. The molecule has 2 N–H and O–H groups in total. The van der Waals surface area contributed by atoms with Gasteiger partial charge in [-0.2, -0.15) is 5.26 Å². The molecule has 1 aromatic heterocycles. The number of carbonyl (C=O) groups is 1. The first-order chi connectivity index (χ1) is 11.4. The van der Waals surface area contributed by atoms with Crippen LogP contribution in [0.4, 0.5) is 0 Å². The van der Waals surface area contributed by atoms with Gasteiger partial charge in [0.1, 0.15) is 6.10 Å². The number of rotatable bonds is 7. The number of nitrogens with one attached hydrogen (secondary N) is 1. The normalized spacial score (nSPS) is 13.7. The van der Waals surface area contributed by atoms with Crippen molar-refractivity contribution >= 4 is 27.1 Å². The monoisotopic (exact) mass is 364 g/mol. The van der Waals surface area contributed by atoms with Crippen LogP contribution in [0, 0.1) is 11.3 Å². The van der Waals surface area contributed by atoms with Crippen LogP contribution >= 0.6 is 11.3 Å². The molecule has 1 amide bonds. The second-order valence-corrected chi connectivity index (χ2v) is 8.23. The molecule has 0 saturated carbocycles. The van der Waals surface area contributed by atoms with Crippen molar-refractivity contribution in [3.8, 4) is 6.07 Å². The van der Waals surface area contributed by atoms with E-state index in [-0.39, 0.29) is 5.75 Å². The SMILES string of the molecule is N#CC(NC(=O)[C@@H](O)CS(=O)(=O)Cc1ccccc1)c1cccs1. The van der Waals surface area contributed by atoms with Crippen molar-refractivity contribution in [2.45, 2.75) is 17.9 Å². The molecule has 1 aromatic carbocycles. The summed E-state index contributed by atoms with van der Waals surface area (Å²) < 4.78 is 24.2. The molecule has 0 spiro atoms. The van der Waals surface area contributed by atoms with E-state index in [1.165, 1.54) is 11.3 Å². The van der Waals surface area contributed by atoms with Crippen LogP contribution in [0.1, 0.15) is 16.5 Å². The highest BCUT2D eigenvalue weighted by atomic mass is 32.2. The van der Waals surface area contributed by atoms with Gasteiger partial charge in [0, 0.05) is 4.88 Å². The molecule has 2 rings (SSSR count). The Bertz CT molecular complexity index is 812. The summed E-state index contributed by atoms with van der Waals surface area (Å²) in [6, 6.07) is 12.9. The van der Waals surface area contributed by atoms with Gasteiger partial charge in [-0.3, -0.25) is 4.79 Å². The number of nitriles is 1. The molecule has 0 bridgehead atoms. The van der Waals surface area contributed by atoms with Crippen LogP contribution in [0.2, 0.25) is 0 Å². The summed E-state index contributed by atoms with van der Waals surface area (Å²) in [5, 5.41) is 23.1. The number of carbonyl (C=O) groups excluding carboxylic acids is 1. The number of aliphatic hydroxyl groups excluding tert-OH is 1. The lowest BCUT2D eigenvalue weighted by Gasteiger charge is -2.14. The minimum absolute atomic E-state index is 0.259. The van der Waals surface area contributed by atoms with Crippen molar-refractivity contribution in [1.82, 2.24) is 5.32 Å². The number of aliphatic hydroxyl groups is 1. The van der Waals surface area contributed by atoms with E-state index in [9.17, 15) is 18.3 Å². The summed E-state index contributed by atoms with van der Waals surface area (Å²) in [5.74, 6) is -1.84. The van der Waals surface area contributed by atoms with Crippen LogP contribution < -0.4 is 5.32 Å². The van der Waals surface area contributed by atoms with Gasteiger partial charge in [-0.05, 0) is 17.0 Å². The minimum Gasteiger partial charge on any atom is -0.382 e. The second kappa shape index (κ2) is 8.06. The largest absolute Gasteiger partial charge is 0.382 e. The summed E-state index contributed by atoms with van der Waals surface area (Å²) in [7, 11) is -3.67. The van der Waals surface area contributed by atoms with Crippen molar-refractivity contribution in [3.63, 3.8) is 0 Å². The first-order valence-electron chi connectivity index (χ1n) is 7.07. The average molecular weight is 364 g/mol. The average Bonchev–Trinajstić information content (AvgIpc) is 3.06. The Balaban J connectivity index is 1.97. The smallest absolute Gasteiger partial charge is 0.251 e. The second-order valence-electron chi connectivity index (χ2n) is 5.14. The highest BCUT2D eigenvalue weighted by Crippen LogP contribution is 2.18. The molecule has 0 aliphatic rings.